The van der Waals surface area contributed by atoms with E-state index < -0.39 is 11.9 Å². The van der Waals surface area contributed by atoms with Crippen LogP contribution in [-0.2, 0) is 0 Å². The van der Waals surface area contributed by atoms with Gasteiger partial charge in [-0.05, 0) is 24.3 Å². The zero-order valence-electron chi connectivity index (χ0n) is 13.9. The molecule has 0 aliphatic heterocycles. The minimum Gasteiger partial charge on any atom is -0.543 e. The largest absolute Gasteiger partial charge is 0.543 e. The maximum absolute atomic E-state index is 10.0. The highest BCUT2D eigenvalue weighted by Gasteiger charge is 1.94. The molecule has 0 saturated heterocycles. The summed E-state index contributed by atoms with van der Waals surface area (Å²) in [5, 5.41) is 20.1. The van der Waals surface area contributed by atoms with Gasteiger partial charge in [0.05, 0.1) is 23.3 Å². The van der Waals surface area contributed by atoms with Crippen LogP contribution in [0.5, 0.6) is 0 Å². The zero-order chi connectivity index (χ0) is 19.4. The number of carboxylic acid groups (broad SMARTS) is 2. The summed E-state index contributed by atoms with van der Waals surface area (Å²) >= 11 is 0. The van der Waals surface area contributed by atoms with Gasteiger partial charge < -0.3 is 31.3 Å². The van der Waals surface area contributed by atoms with E-state index in [2.05, 4.69) is 21.4 Å². The van der Waals surface area contributed by atoms with Gasteiger partial charge in [0.2, 0.25) is 0 Å². The SMILES string of the molecule is O=C([O-])c1ccccn1.O=C([O-])c1ccccn1.[NH3+]c1ccccc1[NH3+]. The van der Waals surface area contributed by atoms with Gasteiger partial charge in [-0.1, -0.05) is 24.3 Å². The molecule has 2 aromatic heterocycles. The monoisotopic (exact) mass is 354 g/mol. The van der Waals surface area contributed by atoms with Gasteiger partial charge in [-0.2, -0.15) is 0 Å². The molecule has 3 rings (SSSR count). The summed E-state index contributed by atoms with van der Waals surface area (Å²) in [6.45, 7) is 0. The summed E-state index contributed by atoms with van der Waals surface area (Å²) in [6.07, 6.45) is 2.82. The lowest BCUT2D eigenvalue weighted by Gasteiger charge is -1.96. The van der Waals surface area contributed by atoms with Crippen molar-refractivity contribution in [2.45, 2.75) is 0 Å². The molecule has 0 unspecified atom stereocenters. The molecule has 6 N–H and O–H groups in total. The lowest BCUT2D eigenvalue weighted by Crippen LogP contribution is -2.49. The minimum absolute atomic E-state index is 0.0301. The van der Waals surface area contributed by atoms with E-state index in [0.717, 1.165) is 11.4 Å². The molecule has 8 heteroatoms. The highest BCUT2D eigenvalue weighted by molar-refractivity contribution is 5.83. The van der Waals surface area contributed by atoms with Crippen LogP contribution < -0.4 is 21.7 Å². The van der Waals surface area contributed by atoms with Crippen LogP contribution in [0.25, 0.3) is 0 Å². The van der Waals surface area contributed by atoms with Crippen molar-refractivity contribution < 1.29 is 31.3 Å². The third kappa shape index (κ3) is 7.77. The first-order valence-corrected chi connectivity index (χ1v) is 7.39. The van der Waals surface area contributed by atoms with E-state index in [1.807, 2.05) is 24.3 Å². The van der Waals surface area contributed by atoms with Gasteiger partial charge in [-0.3, -0.25) is 9.97 Å². The molecule has 0 aliphatic carbocycles. The number of nitrogens with zero attached hydrogens (tertiary/aromatic N) is 2. The van der Waals surface area contributed by atoms with Crippen molar-refractivity contribution in [2.24, 2.45) is 0 Å². The molecule has 2 heterocycles. The Balaban J connectivity index is 0.000000195. The number of carboxylic acids is 2. The molecule has 26 heavy (non-hydrogen) atoms. The van der Waals surface area contributed by atoms with E-state index in [9.17, 15) is 19.8 Å². The van der Waals surface area contributed by atoms with E-state index in [4.69, 9.17) is 0 Å². The number of aromatic carboxylic acids is 2. The molecular formula is C18H18N4O4. The highest BCUT2D eigenvalue weighted by atomic mass is 16.4. The molecule has 0 radical (unpaired) electrons. The number of hydrogen-bond acceptors (Lipinski definition) is 6. The molecule has 8 nitrogen and oxygen atoms in total. The van der Waals surface area contributed by atoms with E-state index >= 15 is 0 Å². The van der Waals surface area contributed by atoms with Crippen LogP contribution in [0.4, 0.5) is 11.4 Å². The third-order valence-electron chi connectivity index (χ3n) is 2.87. The summed E-state index contributed by atoms with van der Waals surface area (Å²) in [4.78, 5) is 27.1. The second-order valence-electron chi connectivity index (χ2n) is 4.77. The summed E-state index contributed by atoms with van der Waals surface area (Å²) < 4.78 is 0. The molecule has 0 bridgehead atoms. The quantitative estimate of drug-likeness (QED) is 0.559. The van der Waals surface area contributed by atoms with Crippen LogP contribution in [0.2, 0.25) is 0 Å². The maximum Gasteiger partial charge on any atom is 0.189 e. The van der Waals surface area contributed by atoms with Crippen molar-refractivity contribution in [3.05, 3.63) is 84.4 Å². The van der Waals surface area contributed by atoms with Gasteiger partial charge >= 0.3 is 0 Å². The summed E-state index contributed by atoms with van der Waals surface area (Å²) in [6, 6.07) is 17.1. The Kier molecular flexibility index (Phi) is 8.66. The number of hydrogen-bond donors (Lipinski definition) is 2. The van der Waals surface area contributed by atoms with Gasteiger partial charge in [-0.15, -0.1) is 0 Å². The number of quaternary nitrogens is 2. The normalized spacial score (nSPS) is 9.00. The number of rotatable bonds is 2. The van der Waals surface area contributed by atoms with E-state index in [0.29, 0.717) is 0 Å². The van der Waals surface area contributed by atoms with Crippen LogP contribution in [0.15, 0.2) is 73.1 Å². The minimum atomic E-state index is -1.24. The van der Waals surface area contributed by atoms with Crippen molar-refractivity contribution in [1.29, 1.82) is 0 Å². The predicted molar refractivity (Wildman–Crippen MR) is 88.7 cm³/mol. The Hall–Kier alpha value is -3.62. The number of carbonyl (C=O) groups is 2. The average molecular weight is 354 g/mol. The second kappa shape index (κ2) is 11.0. The molecule has 3 aromatic rings. The number of pyridine rings is 2. The van der Waals surface area contributed by atoms with Gasteiger partial charge in [0.15, 0.2) is 11.4 Å². The van der Waals surface area contributed by atoms with Crippen molar-refractivity contribution in [3.63, 3.8) is 0 Å². The Morgan fingerprint density at radius 3 is 1.19 bits per heavy atom. The number of carbonyl (C=O) groups excluding carboxylic acids is 2. The lowest BCUT2D eigenvalue weighted by atomic mass is 10.3. The number of aromatic nitrogens is 2. The molecule has 0 saturated carbocycles. The fourth-order valence-corrected chi connectivity index (χ4v) is 1.52. The summed E-state index contributed by atoms with van der Waals surface area (Å²) in [5.41, 5.74) is 9.47. The zero-order valence-corrected chi connectivity index (χ0v) is 13.9. The highest BCUT2D eigenvalue weighted by Crippen LogP contribution is 2.06. The Morgan fingerprint density at radius 2 is 1.00 bits per heavy atom. The maximum atomic E-state index is 10.0. The predicted octanol–water partition coefficient (Wildman–Crippen LogP) is -1.68. The molecule has 1 aromatic carbocycles. The second-order valence-corrected chi connectivity index (χ2v) is 4.77. The molecule has 0 aliphatic rings. The fourth-order valence-electron chi connectivity index (χ4n) is 1.52. The van der Waals surface area contributed by atoms with Crippen LogP contribution in [0.1, 0.15) is 21.0 Å². The third-order valence-corrected chi connectivity index (χ3v) is 2.87. The smallest absolute Gasteiger partial charge is 0.189 e. The summed E-state index contributed by atoms with van der Waals surface area (Å²) in [5.74, 6) is -2.48. The molecular weight excluding hydrogens is 336 g/mol. The summed E-state index contributed by atoms with van der Waals surface area (Å²) in [7, 11) is 0. The lowest BCUT2D eigenvalue weighted by molar-refractivity contribution is -0.299. The average Bonchev–Trinajstić information content (AvgIpc) is 2.66. The van der Waals surface area contributed by atoms with E-state index in [1.165, 1.54) is 24.5 Å². The van der Waals surface area contributed by atoms with Gasteiger partial charge in [0.1, 0.15) is 0 Å². The topological polar surface area (TPSA) is 161 Å². The Bertz CT molecular complexity index is 756. The van der Waals surface area contributed by atoms with Crippen LogP contribution in [-0.4, -0.2) is 21.9 Å². The van der Waals surface area contributed by atoms with Crippen molar-refractivity contribution >= 4 is 23.3 Å². The molecule has 0 atom stereocenters. The van der Waals surface area contributed by atoms with Crippen LogP contribution >= 0.6 is 0 Å². The van der Waals surface area contributed by atoms with Crippen molar-refractivity contribution in [2.75, 3.05) is 0 Å². The van der Waals surface area contributed by atoms with E-state index in [-0.39, 0.29) is 11.4 Å². The van der Waals surface area contributed by atoms with Crippen LogP contribution in [0, 0.1) is 0 Å². The Labute approximate surface area is 149 Å². The molecule has 0 amide bonds. The first-order valence-electron chi connectivity index (χ1n) is 7.39. The standard InChI is InChI=1S/C6H8N2.2C6H5NO2/c7-5-3-1-2-4-6(5)8;2*8-6(9)5-3-1-2-4-7-5/h1-4H,7-8H2;2*1-4H,(H,8,9). The Morgan fingerprint density at radius 1 is 0.654 bits per heavy atom. The molecule has 0 spiro atoms. The van der Waals surface area contributed by atoms with Crippen molar-refractivity contribution in [1.82, 2.24) is 9.97 Å². The van der Waals surface area contributed by atoms with Gasteiger partial charge in [-0.25, -0.2) is 0 Å². The van der Waals surface area contributed by atoms with Gasteiger partial charge in [0.25, 0.3) is 0 Å². The van der Waals surface area contributed by atoms with Crippen molar-refractivity contribution in [3.8, 4) is 0 Å². The van der Waals surface area contributed by atoms with Crippen LogP contribution in [0.3, 0.4) is 0 Å². The number of benzene rings is 1. The molecule has 134 valence electrons. The first-order chi connectivity index (χ1) is 12.4. The molecule has 0 fully saturated rings. The fraction of sp³-hybridized carbons (Fsp3) is 0. The van der Waals surface area contributed by atoms with Gasteiger partial charge in [0, 0.05) is 24.5 Å². The first kappa shape index (κ1) is 20.4. The van der Waals surface area contributed by atoms with E-state index in [1.54, 1.807) is 24.3 Å².